The van der Waals surface area contributed by atoms with Gasteiger partial charge in [0, 0.05) is 18.2 Å². The van der Waals surface area contributed by atoms with E-state index in [1.165, 1.54) is 18.6 Å². The van der Waals surface area contributed by atoms with E-state index >= 15 is 0 Å². The van der Waals surface area contributed by atoms with Crippen LogP contribution < -0.4 is 10.0 Å². The van der Waals surface area contributed by atoms with E-state index in [2.05, 4.69) is 17.0 Å². The zero-order chi connectivity index (χ0) is 19.3. The summed E-state index contributed by atoms with van der Waals surface area (Å²) in [6.07, 6.45) is 4.41. The van der Waals surface area contributed by atoms with Gasteiger partial charge in [0.25, 0.3) is 5.91 Å². The summed E-state index contributed by atoms with van der Waals surface area (Å²) in [4.78, 5) is 12.7. The van der Waals surface area contributed by atoms with Crippen LogP contribution in [0, 0.1) is 5.92 Å². The molecule has 0 saturated heterocycles. The van der Waals surface area contributed by atoms with Gasteiger partial charge in [0.15, 0.2) is 0 Å². The van der Waals surface area contributed by atoms with E-state index in [0.717, 1.165) is 24.8 Å². The lowest BCUT2D eigenvalue weighted by atomic mass is 9.86. The van der Waals surface area contributed by atoms with Crippen molar-refractivity contribution in [2.45, 2.75) is 50.1 Å². The highest BCUT2D eigenvalue weighted by Crippen LogP contribution is 2.24. The van der Waals surface area contributed by atoms with Crippen molar-refractivity contribution in [2.75, 3.05) is 0 Å². The second-order valence-corrected chi connectivity index (χ2v) is 8.95. The van der Waals surface area contributed by atoms with Gasteiger partial charge >= 0.3 is 0 Å². The SMILES string of the molecule is C[C@H]1CCCC[C@H]1NC(=O)c1cccc(S(=O)(=O)NCc2ccccc2)c1. The smallest absolute Gasteiger partial charge is 0.251 e. The first-order chi connectivity index (χ1) is 13.0. The summed E-state index contributed by atoms with van der Waals surface area (Å²) in [5, 5.41) is 3.07. The third-order valence-corrected chi connectivity index (χ3v) is 6.54. The van der Waals surface area contributed by atoms with Crippen LogP contribution in [0.2, 0.25) is 0 Å². The van der Waals surface area contributed by atoms with Gasteiger partial charge in [-0.25, -0.2) is 13.1 Å². The standard InChI is InChI=1S/C21H26N2O3S/c1-16-8-5-6-13-20(16)23-21(24)18-11-7-12-19(14-18)27(25,26)22-15-17-9-3-2-4-10-17/h2-4,7,9-12,14,16,20,22H,5-6,8,13,15H2,1H3,(H,23,24)/t16-,20+/m0/s1. The molecule has 1 aliphatic carbocycles. The fraction of sp³-hybridized carbons (Fsp3) is 0.381. The zero-order valence-electron chi connectivity index (χ0n) is 15.5. The average Bonchev–Trinajstić information content (AvgIpc) is 2.69. The number of hydrogen-bond donors (Lipinski definition) is 2. The largest absolute Gasteiger partial charge is 0.349 e. The van der Waals surface area contributed by atoms with Crippen LogP contribution in [-0.2, 0) is 16.6 Å². The Morgan fingerprint density at radius 3 is 2.52 bits per heavy atom. The molecule has 0 radical (unpaired) electrons. The molecule has 1 aliphatic rings. The van der Waals surface area contributed by atoms with Gasteiger partial charge in [-0.15, -0.1) is 0 Å². The molecule has 2 atom stereocenters. The van der Waals surface area contributed by atoms with Gasteiger partial charge in [-0.3, -0.25) is 4.79 Å². The third-order valence-electron chi connectivity index (χ3n) is 5.14. The van der Waals surface area contributed by atoms with Crippen LogP contribution in [0.5, 0.6) is 0 Å². The molecule has 2 aromatic rings. The Balaban J connectivity index is 1.69. The molecule has 5 nitrogen and oxygen atoms in total. The van der Waals surface area contributed by atoms with E-state index in [1.54, 1.807) is 12.1 Å². The first kappa shape index (κ1) is 19.6. The van der Waals surface area contributed by atoms with E-state index in [0.29, 0.717) is 11.5 Å². The molecule has 0 aromatic heterocycles. The predicted octanol–water partition coefficient (Wildman–Crippen LogP) is 3.47. The van der Waals surface area contributed by atoms with Crippen molar-refractivity contribution in [2.24, 2.45) is 5.92 Å². The monoisotopic (exact) mass is 386 g/mol. The Morgan fingerprint density at radius 2 is 1.78 bits per heavy atom. The summed E-state index contributed by atoms with van der Waals surface area (Å²) in [7, 11) is -3.69. The summed E-state index contributed by atoms with van der Waals surface area (Å²) < 4.78 is 27.7. The number of hydrogen-bond acceptors (Lipinski definition) is 3. The molecule has 0 aliphatic heterocycles. The van der Waals surface area contributed by atoms with Crippen molar-refractivity contribution < 1.29 is 13.2 Å². The van der Waals surface area contributed by atoms with E-state index in [9.17, 15) is 13.2 Å². The maximum atomic E-state index is 12.6. The second kappa shape index (κ2) is 8.67. The number of nitrogens with one attached hydrogen (secondary N) is 2. The zero-order valence-corrected chi connectivity index (χ0v) is 16.3. The second-order valence-electron chi connectivity index (χ2n) is 7.18. The van der Waals surface area contributed by atoms with Gasteiger partial charge in [0.2, 0.25) is 10.0 Å². The highest BCUT2D eigenvalue weighted by molar-refractivity contribution is 7.89. The van der Waals surface area contributed by atoms with Crippen molar-refractivity contribution in [3.63, 3.8) is 0 Å². The lowest BCUT2D eigenvalue weighted by molar-refractivity contribution is 0.0910. The van der Waals surface area contributed by atoms with Crippen LogP contribution in [0.3, 0.4) is 0 Å². The summed E-state index contributed by atoms with van der Waals surface area (Å²) >= 11 is 0. The van der Waals surface area contributed by atoms with E-state index in [4.69, 9.17) is 0 Å². The number of rotatable bonds is 6. The molecule has 27 heavy (non-hydrogen) atoms. The van der Waals surface area contributed by atoms with Crippen LogP contribution in [0.25, 0.3) is 0 Å². The average molecular weight is 387 g/mol. The lowest BCUT2D eigenvalue weighted by Gasteiger charge is -2.29. The van der Waals surface area contributed by atoms with Gasteiger partial charge in [-0.05, 0) is 42.5 Å². The molecule has 6 heteroatoms. The minimum Gasteiger partial charge on any atom is -0.349 e. The van der Waals surface area contributed by atoms with Crippen LogP contribution in [0.15, 0.2) is 59.5 Å². The molecule has 0 bridgehead atoms. The van der Waals surface area contributed by atoms with Crippen molar-refractivity contribution in [1.29, 1.82) is 0 Å². The number of amides is 1. The van der Waals surface area contributed by atoms with Crippen LogP contribution in [-0.4, -0.2) is 20.4 Å². The Hall–Kier alpha value is -2.18. The third kappa shape index (κ3) is 5.17. The quantitative estimate of drug-likeness (QED) is 0.798. The molecule has 1 fully saturated rings. The Kier molecular flexibility index (Phi) is 6.29. The van der Waals surface area contributed by atoms with E-state index in [1.807, 2.05) is 30.3 Å². The Bertz CT molecular complexity index is 881. The predicted molar refractivity (Wildman–Crippen MR) is 106 cm³/mol. The Morgan fingerprint density at radius 1 is 1.04 bits per heavy atom. The molecule has 3 rings (SSSR count). The molecule has 1 saturated carbocycles. The highest BCUT2D eigenvalue weighted by atomic mass is 32.2. The molecule has 0 spiro atoms. The molecule has 1 amide bonds. The maximum Gasteiger partial charge on any atom is 0.251 e. The summed E-state index contributed by atoms with van der Waals surface area (Å²) in [5.74, 6) is 0.232. The van der Waals surface area contributed by atoms with Crippen LogP contribution in [0.1, 0.15) is 48.5 Å². The number of carbonyl (C=O) groups is 1. The van der Waals surface area contributed by atoms with Gasteiger partial charge in [0.05, 0.1) is 4.90 Å². The molecule has 0 heterocycles. The van der Waals surface area contributed by atoms with Gasteiger partial charge in [-0.1, -0.05) is 56.2 Å². The normalized spacial score (nSPS) is 20.2. The van der Waals surface area contributed by atoms with Crippen molar-refractivity contribution in [3.05, 3.63) is 65.7 Å². The first-order valence-corrected chi connectivity index (χ1v) is 10.9. The topological polar surface area (TPSA) is 75.3 Å². The lowest BCUT2D eigenvalue weighted by Crippen LogP contribution is -2.41. The van der Waals surface area contributed by atoms with Crippen molar-refractivity contribution >= 4 is 15.9 Å². The van der Waals surface area contributed by atoms with Gasteiger partial charge < -0.3 is 5.32 Å². The Labute approximate surface area is 161 Å². The molecule has 2 N–H and O–H groups in total. The van der Waals surface area contributed by atoms with Gasteiger partial charge in [0.1, 0.15) is 0 Å². The minimum atomic E-state index is -3.69. The number of carbonyl (C=O) groups excluding carboxylic acids is 1. The summed E-state index contributed by atoms with van der Waals surface area (Å²) in [6, 6.07) is 15.7. The molecular weight excluding hydrogens is 360 g/mol. The van der Waals surface area contributed by atoms with Crippen molar-refractivity contribution in [1.82, 2.24) is 10.0 Å². The first-order valence-electron chi connectivity index (χ1n) is 9.40. The van der Waals surface area contributed by atoms with E-state index < -0.39 is 10.0 Å². The number of benzene rings is 2. The molecular formula is C21H26N2O3S. The fourth-order valence-electron chi connectivity index (χ4n) is 3.44. The van der Waals surface area contributed by atoms with Crippen LogP contribution in [0.4, 0.5) is 0 Å². The molecule has 2 aromatic carbocycles. The van der Waals surface area contributed by atoms with Gasteiger partial charge in [-0.2, -0.15) is 0 Å². The number of sulfonamides is 1. The fourth-order valence-corrected chi connectivity index (χ4v) is 4.51. The summed E-state index contributed by atoms with van der Waals surface area (Å²) in [5.41, 5.74) is 1.25. The molecule has 144 valence electrons. The molecule has 0 unspecified atom stereocenters. The van der Waals surface area contributed by atoms with Crippen LogP contribution >= 0.6 is 0 Å². The maximum absolute atomic E-state index is 12.6. The summed E-state index contributed by atoms with van der Waals surface area (Å²) in [6.45, 7) is 2.36. The van der Waals surface area contributed by atoms with E-state index in [-0.39, 0.29) is 23.4 Å². The highest BCUT2D eigenvalue weighted by Gasteiger charge is 2.24. The minimum absolute atomic E-state index is 0.0998. The van der Waals surface area contributed by atoms with Crippen molar-refractivity contribution in [3.8, 4) is 0 Å².